The van der Waals surface area contributed by atoms with Crippen LogP contribution in [0.5, 0.6) is 0 Å². The van der Waals surface area contributed by atoms with Crippen LogP contribution >= 0.6 is 105 Å². The molecule has 1 amide bonds. The van der Waals surface area contributed by atoms with E-state index in [1.54, 1.807) is 62.9 Å². The number of aromatic amines is 1. The van der Waals surface area contributed by atoms with Crippen molar-refractivity contribution in [2.24, 2.45) is 14.1 Å². The van der Waals surface area contributed by atoms with Crippen molar-refractivity contribution >= 4 is 128 Å². The summed E-state index contributed by atoms with van der Waals surface area (Å²) in [5.74, 6) is -0.582. The van der Waals surface area contributed by atoms with Gasteiger partial charge in [0.1, 0.15) is 23.4 Å². The van der Waals surface area contributed by atoms with E-state index in [4.69, 9.17) is 0 Å². The van der Waals surface area contributed by atoms with Crippen LogP contribution in [-0.4, -0.2) is 75.4 Å². The Balaban J connectivity index is 0.000000185. The topological polar surface area (TPSA) is 178 Å². The van der Waals surface area contributed by atoms with Crippen molar-refractivity contribution in [2.75, 3.05) is 4.93 Å². The molecule has 0 radical (unpaired) electrons. The molecular weight excluding hydrogens is 1310 g/mol. The van der Waals surface area contributed by atoms with E-state index in [2.05, 4.69) is 142 Å². The van der Waals surface area contributed by atoms with Crippen LogP contribution in [0.15, 0.2) is 92.3 Å². The molecule has 0 bridgehead atoms. The van der Waals surface area contributed by atoms with Gasteiger partial charge in [-0.15, -0.1) is 22.7 Å². The number of thiophene rings is 2. The third-order valence-corrected chi connectivity index (χ3v) is 11.0. The first-order valence-corrected chi connectivity index (χ1v) is 35.2. The molecule has 0 aromatic carbocycles. The molecule has 316 valence electrons. The molecule has 0 saturated carbocycles. The first kappa shape index (κ1) is 47.3. The van der Waals surface area contributed by atoms with E-state index < -0.39 is 5.97 Å². The molecule has 9 aromatic rings. The Bertz CT molecular complexity index is 2910. The molecular formula is C39H37I4N12O3S2V. The predicted octanol–water partition coefficient (Wildman–Crippen LogP) is 10.6. The van der Waals surface area contributed by atoms with Crippen LogP contribution in [0.3, 0.4) is 0 Å². The summed E-state index contributed by atoms with van der Waals surface area (Å²) in [6, 6.07) is 11.4. The third-order valence-electron chi connectivity index (χ3n) is 8.93. The van der Waals surface area contributed by atoms with Crippen LogP contribution in [-0.2, 0) is 19.0 Å². The van der Waals surface area contributed by atoms with Crippen molar-refractivity contribution in [3.05, 3.63) is 119 Å². The normalized spacial score (nSPS) is 11.4. The van der Waals surface area contributed by atoms with Crippen LogP contribution in [0, 0.1) is 13.8 Å². The molecule has 0 aliphatic carbocycles. The zero-order valence-electron chi connectivity index (χ0n) is 33.2. The summed E-state index contributed by atoms with van der Waals surface area (Å²) in [5, 5.41) is 27.6. The van der Waals surface area contributed by atoms with Gasteiger partial charge < -0.3 is 10.4 Å². The van der Waals surface area contributed by atoms with Crippen molar-refractivity contribution in [1.29, 1.82) is 0 Å². The van der Waals surface area contributed by atoms with Crippen molar-refractivity contribution in [2.45, 2.75) is 26.8 Å². The van der Waals surface area contributed by atoms with Gasteiger partial charge in [-0.1, -0.05) is 22.6 Å². The molecule has 0 fully saturated rings. The van der Waals surface area contributed by atoms with Crippen molar-refractivity contribution in [1.82, 2.24) is 58.8 Å². The summed E-state index contributed by atoms with van der Waals surface area (Å²) in [7, 11) is 3.69. The van der Waals surface area contributed by atoms with Crippen LogP contribution in [0.25, 0.3) is 54.7 Å². The van der Waals surface area contributed by atoms with E-state index in [0.29, 0.717) is 17.0 Å². The number of imidazole rings is 2. The number of hydrogen-bond acceptors (Lipinski definition) is 10. The Morgan fingerprint density at radius 2 is 1.23 bits per heavy atom. The number of alkyl halides is 1. The number of aromatic nitrogens is 11. The van der Waals surface area contributed by atoms with E-state index in [9.17, 15) is 14.7 Å². The standard InChI is InChI=1S/C21H20N8OS.C17H14N4O2S.CH3I.3HI.V/c1-12-4-5-18(31-12)17-8-22-20-16(15-7-25-28(3)9-15)6-14(10-29(17)20)21(30)26-13(2)19-23-11-24-27-19;1-10-3-4-15(24-10)14-7-18-16-13(12-6-19-20(2)8-12)5-11(17(22)23)9-21(14)16;1-2;;;;/h4-11,13H,1-3H3,(H,26,30)(H,23,24,27);3-9H,1-2H3,(H,22,23);1H3;3*1H;/q;;;;;;+3/p-3. The number of aromatic carboxylic acids is 1. The maximum atomic E-state index is 13.1. The molecule has 0 aliphatic rings. The number of nitrogens with zero attached hydrogens (tertiary/aromatic N) is 10. The Hall–Kier alpha value is -3.22. The van der Waals surface area contributed by atoms with Gasteiger partial charge in [0.2, 0.25) is 0 Å². The Morgan fingerprint density at radius 3 is 1.62 bits per heavy atom. The van der Waals surface area contributed by atoms with E-state index in [1.165, 1.54) is 16.1 Å². The number of carboxylic acid groups (broad SMARTS) is 1. The maximum absolute atomic E-state index is 13.1. The van der Waals surface area contributed by atoms with Crippen LogP contribution < -0.4 is 5.32 Å². The van der Waals surface area contributed by atoms with E-state index in [0.717, 1.165) is 49.0 Å². The monoisotopic (exact) mass is 1340 g/mol. The number of pyridine rings is 2. The molecule has 61 heavy (non-hydrogen) atoms. The summed E-state index contributed by atoms with van der Waals surface area (Å²) in [5.41, 5.74) is 7.37. The Kier molecular flexibility index (Phi) is 16.6. The van der Waals surface area contributed by atoms with Crippen LogP contribution in [0.1, 0.15) is 49.3 Å². The van der Waals surface area contributed by atoms with Gasteiger partial charge in [-0.3, -0.25) is 28.1 Å². The van der Waals surface area contributed by atoms with Crippen LogP contribution in [0.2, 0.25) is 0 Å². The number of aryl methyl sites for hydroxylation is 4. The fourth-order valence-corrected chi connectivity index (χ4v) is 7.99. The first-order chi connectivity index (χ1) is 29.2. The second-order valence-electron chi connectivity index (χ2n) is 13.1. The van der Waals surface area contributed by atoms with Crippen molar-refractivity contribution in [3.8, 4) is 43.4 Å². The number of nitrogens with one attached hydrogen (secondary N) is 2. The van der Waals surface area contributed by atoms with E-state index >= 15 is 0 Å². The van der Waals surface area contributed by atoms with Crippen molar-refractivity contribution in [3.63, 3.8) is 0 Å². The molecule has 9 rings (SSSR count). The zero-order valence-corrected chi connectivity index (χ0v) is 44.9. The minimum atomic E-state index is -0.968. The fourth-order valence-electron chi connectivity index (χ4n) is 6.24. The summed E-state index contributed by atoms with van der Waals surface area (Å²) < 4.78 is 7.24. The van der Waals surface area contributed by atoms with Gasteiger partial charge in [-0.25, -0.2) is 19.7 Å². The molecule has 0 spiro atoms. The number of fused-ring (bicyclic) bond motifs is 2. The van der Waals surface area contributed by atoms with E-state index in [1.807, 2.05) is 84.7 Å². The van der Waals surface area contributed by atoms with Gasteiger partial charge in [-0.2, -0.15) is 15.3 Å². The Morgan fingerprint density at radius 1 is 0.754 bits per heavy atom. The van der Waals surface area contributed by atoms with E-state index in [-0.39, 0.29) is 22.4 Å². The molecule has 15 nitrogen and oxygen atoms in total. The SMILES string of the molecule is CI.Cc1ccc(-c2cnc3c(-c4cnn(C)c4)cc(C(=O)NC(C)c4ncn[nH]4)cn23)s1.Cc1ccc(-c2cnc3c(-c4cnn(C)c4)cc(C(=O)O)cn23)s1.[I][V]([I])[I]. The van der Waals surface area contributed by atoms with Gasteiger partial charge in [0.25, 0.3) is 5.91 Å². The number of halogens is 4. The average Bonchev–Trinajstić information content (AvgIpc) is 4.08. The van der Waals surface area contributed by atoms with Gasteiger partial charge in [-0.05, 0) is 62.1 Å². The number of carbonyl (C=O) groups is 2. The summed E-state index contributed by atoms with van der Waals surface area (Å²) in [6.07, 6.45) is 15.8. The number of carboxylic acids is 1. The molecule has 1 unspecified atom stereocenters. The molecule has 0 aliphatic heterocycles. The number of hydrogen-bond donors (Lipinski definition) is 3. The predicted molar refractivity (Wildman–Crippen MR) is 272 cm³/mol. The zero-order chi connectivity index (χ0) is 44.0. The van der Waals surface area contributed by atoms with Gasteiger partial charge in [0.05, 0.1) is 63.1 Å². The second-order valence-corrected chi connectivity index (χ2v) is 51.1. The average molecular weight is 1340 g/mol. The van der Waals surface area contributed by atoms with Crippen LogP contribution in [0.4, 0.5) is 0 Å². The molecule has 3 N–H and O–H groups in total. The summed E-state index contributed by atoms with van der Waals surface area (Å²) >= 11 is 12.9. The second kappa shape index (κ2) is 21.4. The number of carbonyl (C=O) groups excluding carboxylic acids is 1. The number of rotatable bonds is 8. The molecule has 1 atom stereocenters. The van der Waals surface area contributed by atoms with Gasteiger partial charge in [0, 0.05) is 70.9 Å². The van der Waals surface area contributed by atoms with Gasteiger partial charge in [0.15, 0.2) is 0 Å². The third kappa shape index (κ3) is 11.5. The number of amides is 1. The summed E-state index contributed by atoms with van der Waals surface area (Å²) in [4.78, 5) is 44.3. The summed E-state index contributed by atoms with van der Waals surface area (Å²) in [6.45, 7) is 5.97. The van der Waals surface area contributed by atoms with Crippen molar-refractivity contribution < 1.29 is 19.6 Å². The Labute approximate surface area is 410 Å². The minimum absolute atomic E-state index is 0.210. The van der Waals surface area contributed by atoms with Gasteiger partial charge >= 0.3 is 70.8 Å². The molecule has 9 heterocycles. The molecule has 9 aromatic heterocycles. The fraction of sp³-hybridized carbons (Fsp3) is 0.179. The molecule has 22 heteroatoms. The number of H-pyrrole nitrogens is 1. The quantitative estimate of drug-likeness (QED) is 0.0987. The first-order valence-electron chi connectivity index (χ1n) is 17.9. The molecule has 0 saturated heterocycles.